The van der Waals surface area contributed by atoms with Crippen LogP contribution in [0.4, 0.5) is 11.4 Å². The second-order valence-corrected chi connectivity index (χ2v) is 9.86. The monoisotopic (exact) mass is 557 g/mol. The molecule has 6 rings (SSSR count). The second kappa shape index (κ2) is 11.7. The molecule has 3 aromatic carbocycles. The van der Waals surface area contributed by atoms with E-state index >= 15 is 0 Å². The van der Waals surface area contributed by atoms with Gasteiger partial charge < -0.3 is 16.0 Å². The number of hydrogen-bond donors (Lipinski definition) is 3. The smallest absolute Gasteiger partial charge is 0.255 e. The predicted octanol–water partition coefficient (Wildman–Crippen LogP) is 4.75. The number of aromatic nitrogens is 6. The van der Waals surface area contributed by atoms with E-state index in [1.807, 2.05) is 60.7 Å². The van der Waals surface area contributed by atoms with Crippen molar-refractivity contribution in [3.8, 4) is 11.4 Å². The maximum atomic E-state index is 12.8. The van der Waals surface area contributed by atoms with Gasteiger partial charge in [-0.25, -0.2) is 0 Å². The molecule has 1 aliphatic rings. The van der Waals surface area contributed by atoms with Crippen LogP contribution in [0.2, 0.25) is 0 Å². The average Bonchev–Trinajstić information content (AvgIpc) is 3.75. The van der Waals surface area contributed by atoms with Crippen molar-refractivity contribution in [2.24, 2.45) is 5.92 Å². The number of anilines is 2. The van der Waals surface area contributed by atoms with Crippen molar-refractivity contribution >= 4 is 23.2 Å². The Morgan fingerprint density at radius 3 is 1.62 bits per heavy atom. The summed E-state index contributed by atoms with van der Waals surface area (Å²) in [5.41, 5.74) is 6.36. The number of hydrogen-bond acceptors (Lipinski definition) is 7. The lowest BCUT2D eigenvalue weighted by Gasteiger charge is -2.23. The van der Waals surface area contributed by atoms with Crippen LogP contribution in [-0.4, -0.2) is 41.3 Å². The first kappa shape index (κ1) is 26.4. The summed E-state index contributed by atoms with van der Waals surface area (Å²) in [5, 5.41) is 24.6. The molecule has 1 aliphatic carbocycles. The summed E-state index contributed by atoms with van der Waals surface area (Å²) in [5.74, 6) is -0.180. The summed E-state index contributed by atoms with van der Waals surface area (Å²) in [7, 11) is 0. The lowest BCUT2D eigenvalue weighted by Crippen LogP contribution is -2.26. The van der Waals surface area contributed by atoms with Crippen LogP contribution >= 0.6 is 0 Å². The fourth-order valence-electron chi connectivity index (χ4n) is 4.58. The highest BCUT2D eigenvalue weighted by Gasteiger charge is 2.18. The van der Waals surface area contributed by atoms with Gasteiger partial charge in [-0.1, -0.05) is 6.92 Å². The molecule has 3 N–H and O–H groups in total. The molecule has 0 aliphatic heterocycles. The third kappa shape index (κ3) is 5.99. The zero-order valence-corrected chi connectivity index (χ0v) is 22.7. The normalized spacial score (nSPS) is 14.5. The quantitative estimate of drug-likeness (QED) is 0.251. The topological polar surface area (TPSA) is 132 Å². The van der Waals surface area contributed by atoms with Crippen molar-refractivity contribution in [2.75, 3.05) is 10.6 Å². The number of allylic oxidation sites excluding steroid dienone is 4. The van der Waals surface area contributed by atoms with Crippen LogP contribution in [0.25, 0.3) is 11.4 Å². The van der Waals surface area contributed by atoms with Gasteiger partial charge in [0.05, 0.1) is 0 Å². The largest absolute Gasteiger partial charge is 0.359 e. The molecule has 2 amide bonds. The molecule has 0 spiro atoms. The van der Waals surface area contributed by atoms with E-state index in [9.17, 15) is 9.59 Å². The zero-order chi connectivity index (χ0) is 28.9. The van der Waals surface area contributed by atoms with Crippen molar-refractivity contribution in [1.82, 2.24) is 34.8 Å². The van der Waals surface area contributed by atoms with Crippen molar-refractivity contribution in [3.05, 3.63) is 133 Å². The van der Waals surface area contributed by atoms with E-state index in [-0.39, 0.29) is 17.7 Å². The summed E-state index contributed by atoms with van der Waals surface area (Å²) < 4.78 is 3.54. The SMILES string of the molecule is CC1CC(NC(=O)c2ccc(-n3cnnc3)cc2)=CC=C1Nc1ccc(NC(=O)c2ccc(-n3cnnc3)cc2)cc1. The highest BCUT2D eigenvalue weighted by Crippen LogP contribution is 2.26. The summed E-state index contributed by atoms with van der Waals surface area (Å²) in [6, 6.07) is 22.0. The molecule has 0 radical (unpaired) electrons. The molecule has 1 atom stereocenters. The van der Waals surface area contributed by atoms with Gasteiger partial charge in [0.15, 0.2) is 0 Å². The fourth-order valence-corrected chi connectivity index (χ4v) is 4.58. The molecule has 0 saturated heterocycles. The van der Waals surface area contributed by atoms with Gasteiger partial charge in [-0.3, -0.25) is 18.7 Å². The van der Waals surface area contributed by atoms with E-state index in [0.717, 1.165) is 28.5 Å². The third-order valence-corrected chi connectivity index (χ3v) is 6.92. The van der Waals surface area contributed by atoms with Crippen LogP contribution in [0.15, 0.2) is 122 Å². The molecular weight excluding hydrogens is 530 g/mol. The molecule has 0 bridgehead atoms. The first-order chi connectivity index (χ1) is 20.5. The molecule has 0 saturated carbocycles. The highest BCUT2D eigenvalue weighted by molar-refractivity contribution is 6.04. The molecule has 11 heteroatoms. The van der Waals surface area contributed by atoms with Gasteiger partial charge in [-0.15, -0.1) is 20.4 Å². The number of nitrogens with one attached hydrogen (secondary N) is 3. The van der Waals surface area contributed by atoms with Gasteiger partial charge in [0.2, 0.25) is 0 Å². The molecule has 0 fully saturated rings. The Kier molecular flexibility index (Phi) is 7.36. The maximum Gasteiger partial charge on any atom is 0.255 e. The van der Waals surface area contributed by atoms with Crippen LogP contribution in [0.5, 0.6) is 0 Å². The summed E-state index contributed by atoms with van der Waals surface area (Å²) >= 11 is 0. The molecule has 2 heterocycles. The minimum atomic E-state index is -0.194. The van der Waals surface area contributed by atoms with Crippen LogP contribution in [0, 0.1) is 5.92 Å². The first-order valence-corrected chi connectivity index (χ1v) is 13.3. The van der Waals surface area contributed by atoms with Crippen LogP contribution < -0.4 is 16.0 Å². The fraction of sp³-hybridized carbons (Fsp3) is 0.0968. The van der Waals surface area contributed by atoms with E-state index < -0.39 is 0 Å². The molecule has 1 unspecified atom stereocenters. The second-order valence-electron chi connectivity index (χ2n) is 9.86. The average molecular weight is 558 g/mol. The van der Waals surface area contributed by atoms with Crippen LogP contribution in [0.1, 0.15) is 34.1 Å². The molecule has 11 nitrogen and oxygen atoms in total. The Morgan fingerprint density at radius 2 is 1.12 bits per heavy atom. The van der Waals surface area contributed by atoms with E-state index in [0.29, 0.717) is 23.2 Å². The Hall–Kier alpha value is -5.84. The van der Waals surface area contributed by atoms with Crippen molar-refractivity contribution in [2.45, 2.75) is 13.3 Å². The van der Waals surface area contributed by atoms with Crippen molar-refractivity contribution in [3.63, 3.8) is 0 Å². The lowest BCUT2D eigenvalue weighted by atomic mass is 9.96. The summed E-state index contributed by atoms with van der Waals surface area (Å²) in [6.07, 6.45) is 11.0. The van der Waals surface area contributed by atoms with Crippen molar-refractivity contribution in [1.29, 1.82) is 0 Å². The molecular formula is C31H27N9O2. The molecule has 2 aromatic heterocycles. The maximum absolute atomic E-state index is 12.8. The third-order valence-electron chi connectivity index (χ3n) is 6.92. The van der Waals surface area contributed by atoms with E-state index in [2.05, 4.69) is 43.3 Å². The highest BCUT2D eigenvalue weighted by atomic mass is 16.2. The molecule has 208 valence electrons. The lowest BCUT2D eigenvalue weighted by molar-refractivity contribution is 0.0962. The van der Waals surface area contributed by atoms with Gasteiger partial charge in [-0.05, 0) is 91.4 Å². The number of benzene rings is 3. The zero-order valence-electron chi connectivity index (χ0n) is 22.7. The Labute approximate surface area is 241 Å². The summed E-state index contributed by atoms with van der Waals surface area (Å²) in [6.45, 7) is 2.11. The minimum absolute atomic E-state index is 0.155. The number of nitrogens with zero attached hydrogens (tertiary/aromatic N) is 6. The van der Waals surface area contributed by atoms with Gasteiger partial charge in [0.1, 0.15) is 25.3 Å². The van der Waals surface area contributed by atoms with Crippen molar-refractivity contribution < 1.29 is 9.59 Å². The van der Waals surface area contributed by atoms with E-state index in [1.54, 1.807) is 58.7 Å². The van der Waals surface area contributed by atoms with Gasteiger partial charge in [0.25, 0.3) is 11.8 Å². The predicted molar refractivity (Wildman–Crippen MR) is 158 cm³/mol. The number of amides is 2. The Morgan fingerprint density at radius 1 is 0.643 bits per heavy atom. The van der Waals surface area contributed by atoms with E-state index in [1.165, 1.54) is 0 Å². The first-order valence-electron chi connectivity index (χ1n) is 13.3. The van der Waals surface area contributed by atoms with Gasteiger partial charge in [-0.2, -0.15) is 0 Å². The number of carbonyl (C=O) groups excluding carboxylic acids is 2. The number of rotatable bonds is 8. The molecule has 5 aromatic rings. The van der Waals surface area contributed by atoms with Crippen LogP contribution in [-0.2, 0) is 0 Å². The summed E-state index contributed by atoms with van der Waals surface area (Å²) in [4.78, 5) is 25.5. The Balaban J connectivity index is 1.03. The standard InChI is InChI=1S/C31H27N9O2/c1-21-16-26(38-31(42)23-4-13-28(14-5-23)40-19-34-35-20-40)10-15-29(21)36-24-6-8-25(9-7-24)37-30(41)22-2-11-27(12-3-22)39-17-32-33-18-39/h2-15,17-21,36H,16H2,1H3,(H,37,41)(H,38,42). The minimum Gasteiger partial charge on any atom is -0.359 e. The number of carbonyl (C=O) groups is 2. The van der Waals surface area contributed by atoms with Gasteiger partial charge >= 0.3 is 0 Å². The van der Waals surface area contributed by atoms with Gasteiger partial charge in [0, 0.05) is 51.2 Å². The van der Waals surface area contributed by atoms with E-state index in [4.69, 9.17) is 0 Å². The van der Waals surface area contributed by atoms with Crippen LogP contribution in [0.3, 0.4) is 0 Å². The molecule has 42 heavy (non-hydrogen) atoms. The Bertz CT molecular complexity index is 1740.